The van der Waals surface area contributed by atoms with E-state index in [0.717, 1.165) is 39.7 Å². The maximum Gasteiger partial charge on any atom is 0.403 e. The zero-order valence-corrected chi connectivity index (χ0v) is 45.1. The van der Waals surface area contributed by atoms with Crippen molar-refractivity contribution < 1.29 is 79.0 Å². The number of nitrogens with zero attached hydrogens (tertiary/aromatic N) is 10. The third-order valence-corrected chi connectivity index (χ3v) is 13.5. The summed E-state index contributed by atoms with van der Waals surface area (Å²) in [5, 5.41) is 14.9. The van der Waals surface area contributed by atoms with Gasteiger partial charge < -0.3 is 49.1 Å². The predicted molar refractivity (Wildman–Crippen MR) is 278 cm³/mol. The number of hydrogen-bond acceptors (Lipinski definition) is 19. The highest BCUT2D eigenvalue weighted by molar-refractivity contribution is 6.05. The normalized spacial score (nSPS) is 22.1. The summed E-state index contributed by atoms with van der Waals surface area (Å²) in [5.74, 6) is -4.35. The lowest BCUT2D eigenvalue weighted by Crippen LogP contribution is -2.56. The minimum atomic E-state index is -4.52. The molecule has 10 heterocycles. The number of alkyl halides is 6. The molecule has 0 saturated carbocycles. The van der Waals surface area contributed by atoms with E-state index >= 15 is 0 Å². The van der Waals surface area contributed by atoms with Crippen molar-refractivity contribution in [3.63, 3.8) is 0 Å². The Labute approximate surface area is 461 Å². The number of nitrogens with one attached hydrogen (secondary N) is 2. The SMILES string of the molecule is CC1(C)OC[C@H](COc2cccc(NC(=O)N3c4nc(C(=O)O)ncc4N4CCC[C@H]3C4)n2)O1.C[C@@H](CC(=O)c1ncc2c(n1)N(C(=O)Nc1cccc(OC[C@H]3COC(C)(C)O3)n1)[C@H]1CCCN2C1)C(F)(F)F.C[C@@H](N)C(F)(F)F. The molecule has 0 spiro atoms. The number of carbonyl (C=O) groups excluding carboxylic acids is 3. The first-order valence-electron chi connectivity index (χ1n) is 26.1. The molecule has 0 aromatic carbocycles. The van der Waals surface area contributed by atoms with E-state index in [-0.39, 0.29) is 72.5 Å². The molecule has 0 aliphatic carbocycles. The number of halogens is 6. The van der Waals surface area contributed by atoms with Gasteiger partial charge >= 0.3 is 30.4 Å². The largest absolute Gasteiger partial charge is 0.475 e. The van der Waals surface area contributed by atoms with Crippen LogP contribution in [0.15, 0.2) is 48.8 Å². The summed E-state index contributed by atoms with van der Waals surface area (Å²) in [6.07, 6.45) is -3.92. The molecular weight excluding hydrogens is 1080 g/mol. The van der Waals surface area contributed by atoms with Crippen LogP contribution in [-0.2, 0) is 18.9 Å². The van der Waals surface area contributed by atoms with E-state index in [9.17, 15) is 50.6 Å². The number of urea groups is 2. The Bertz CT molecular complexity index is 2920. The number of rotatable bonds is 12. The van der Waals surface area contributed by atoms with Crippen molar-refractivity contribution >= 4 is 58.5 Å². The molecule has 81 heavy (non-hydrogen) atoms. The first-order chi connectivity index (χ1) is 38.1. The minimum absolute atomic E-state index is 0.139. The zero-order valence-electron chi connectivity index (χ0n) is 45.1. The molecule has 6 aliphatic heterocycles. The number of ketones is 1. The number of amides is 4. The number of aromatic nitrogens is 6. The number of hydrogen-bond donors (Lipinski definition) is 4. The number of carboxylic acid groups (broad SMARTS) is 1. The topological polar surface area (TPSA) is 284 Å². The maximum atomic E-state index is 13.6. The van der Waals surface area contributed by atoms with Crippen LogP contribution in [0.3, 0.4) is 0 Å². The van der Waals surface area contributed by atoms with Gasteiger partial charge in [0.15, 0.2) is 29.0 Å². The molecule has 440 valence electrons. The van der Waals surface area contributed by atoms with Crippen LogP contribution in [-0.4, -0.2) is 166 Å². The second-order valence-corrected chi connectivity index (χ2v) is 20.8. The summed E-state index contributed by atoms with van der Waals surface area (Å²) in [5.41, 5.74) is 5.63. The second-order valence-electron chi connectivity index (χ2n) is 20.8. The highest BCUT2D eigenvalue weighted by atomic mass is 19.4. The minimum Gasteiger partial charge on any atom is -0.475 e. The van der Waals surface area contributed by atoms with Crippen LogP contribution in [0.2, 0.25) is 0 Å². The molecule has 4 aromatic heterocycles. The van der Waals surface area contributed by atoms with Crippen LogP contribution in [0.4, 0.5) is 70.6 Å². The summed E-state index contributed by atoms with van der Waals surface area (Å²) < 4.78 is 106. The smallest absolute Gasteiger partial charge is 0.403 e. The molecule has 0 radical (unpaired) electrons. The lowest BCUT2D eigenvalue weighted by Gasteiger charge is -2.45. The van der Waals surface area contributed by atoms with Gasteiger partial charge in [0.2, 0.25) is 23.4 Å². The average molecular weight is 1150 g/mol. The highest BCUT2D eigenvalue weighted by Gasteiger charge is 2.43. The number of anilines is 6. The lowest BCUT2D eigenvalue weighted by atomic mass is 10.00. The van der Waals surface area contributed by atoms with E-state index in [1.807, 2.05) is 32.6 Å². The Kier molecular flexibility index (Phi) is 18.1. The molecule has 30 heteroatoms. The molecule has 5 N–H and O–H groups in total. The quantitative estimate of drug-likeness (QED) is 0.0805. The standard InChI is InChI=1S/C26H31F3N6O5.C22H26N6O6.C3H6F3N/c1-15(26(27,28)29)10-19(36)22-30-11-18-23(33-22)35(16-6-5-9-34(18)12-16)24(37)32-20-7-4-8-21(31-20)38-13-17-14-39-25(2,3)40-17;1-22(2)33-12-14(34-22)11-32-17-7-3-6-16(24-17)25-21(31)28-13-5-4-8-27(10-13)15-9-23-18(20(29)30)26-19(15)28;1-2(7)3(4,5)6/h4,7-8,11,15-17H,5-6,9-10,12-14H2,1-3H3,(H,31,32,37);3,6-7,9,13-14H,4-5,8,10-12H2,1-2H3,(H,29,30)(H,24,25,31);2H,7H2,1H3/t15-,16-,17-;13-,14-;2-/m001/s1. The van der Waals surface area contributed by atoms with E-state index < -0.39 is 66.1 Å². The second kappa shape index (κ2) is 24.4. The predicted octanol–water partition coefficient (Wildman–Crippen LogP) is 7.21. The average Bonchev–Trinajstić information content (AvgIpc) is 4.12. The van der Waals surface area contributed by atoms with E-state index in [1.54, 1.807) is 36.4 Å². The lowest BCUT2D eigenvalue weighted by molar-refractivity contribution is -0.168. The molecule has 10 rings (SSSR count). The van der Waals surface area contributed by atoms with Crippen LogP contribution < -0.4 is 45.4 Å². The molecule has 6 atom stereocenters. The third kappa shape index (κ3) is 15.2. The van der Waals surface area contributed by atoms with Crippen LogP contribution >= 0.6 is 0 Å². The molecule has 4 fully saturated rings. The van der Waals surface area contributed by atoms with Gasteiger partial charge in [0.1, 0.15) is 37.1 Å². The van der Waals surface area contributed by atoms with Gasteiger partial charge in [0.05, 0.1) is 61.0 Å². The van der Waals surface area contributed by atoms with Gasteiger partial charge in [-0.1, -0.05) is 19.1 Å². The van der Waals surface area contributed by atoms with Crippen molar-refractivity contribution in [3.8, 4) is 11.8 Å². The summed E-state index contributed by atoms with van der Waals surface area (Å²) in [4.78, 5) is 83.2. The maximum absolute atomic E-state index is 13.6. The first-order valence-corrected chi connectivity index (χ1v) is 26.1. The Morgan fingerprint density at radius 3 is 1.53 bits per heavy atom. The van der Waals surface area contributed by atoms with Crippen molar-refractivity contribution in [2.45, 2.75) is 128 Å². The Morgan fingerprint density at radius 1 is 0.704 bits per heavy atom. The van der Waals surface area contributed by atoms with Crippen molar-refractivity contribution in [1.29, 1.82) is 0 Å². The van der Waals surface area contributed by atoms with Crippen molar-refractivity contribution in [2.24, 2.45) is 11.7 Å². The summed E-state index contributed by atoms with van der Waals surface area (Å²) in [7, 11) is 0. The number of carbonyl (C=O) groups is 4. The number of pyridine rings is 2. The Hall–Kier alpha value is -7.28. The molecule has 0 unspecified atom stereocenters. The highest BCUT2D eigenvalue weighted by Crippen LogP contribution is 2.40. The molecule has 4 aromatic rings. The van der Waals surface area contributed by atoms with Crippen LogP contribution in [0.5, 0.6) is 11.8 Å². The number of Topliss-reactive ketones (excluding diaryl/α,β-unsaturated/α-hetero) is 1. The summed E-state index contributed by atoms with van der Waals surface area (Å²) >= 11 is 0. The van der Waals surface area contributed by atoms with Gasteiger partial charge in [-0.05, 0) is 72.4 Å². The van der Waals surface area contributed by atoms with E-state index in [2.05, 4.69) is 51.2 Å². The fourth-order valence-corrected chi connectivity index (χ4v) is 9.41. The van der Waals surface area contributed by atoms with Gasteiger partial charge in [0, 0.05) is 44.7 Å². The van der Waals surface area contributed by atoms with Crippen LogP contribution in [0, 0.1) is 5.92 Å². The molecule has 6 aliphatic rings. The molecular formula is C51H63F6N13O11. The van der Waals surface area contributed by atoms with E-state index in [1.165, 1.54) is 22.2 Å². The Morgan fingerprint density at radius 2 is 1.14 bits per heavy atom. The van der Waals surface area contributed by atoms with Gasteiger partial charge in [-0.25, -0.2) is 34.3 Å². The van der Waals surface area contributed by atoms with E-state index in [4.69, 9.17) is 28.4 Å². The van der Waals surface area contributed by atoms with Crippen LogP contribution in [0.1, 0.15) is 94.9 Å². The summed E-state index contributed by atoms with van der Waals surface area (Å²) in [6.45, 7) is 13.2. The molecule has 4 bridgehead atoms. The fraction of sp³-hybridized carbons (Fsp3) is 0.569. The number of nitrogens with two attached hydrogens (primary N) is 1. The van der Waals surface area contributed by atoms with E-state index in [0.29, 0.717) is 62.3 Å². The number of ether oxygens (including phenoxy) is 6. The zero-order chi connectivity index (χ0) is 58.6. The van der Waals surface area contributed by atoms with Crippen LogP contribution in [0.25, 0.3) is 0 Å². The fourth-order valence-electron chi connectivity index (χ4n) is 9.41. The van der Waals surface area contributed by atoms with Gasteiger partial charge in [-0.15, -0.1) is 0 Å². The monoisotopic (exact) mass is 1150 g/mol. The van der Waals surface area contributed by atoms with Gasteiger partial charge in [-0.2, -0.15) is 36.3 Å². The summed E-state index contributed by atoms with van der Waals surface area (Å²) in [6, 6.07) is 6.94. The molecule has 4 amide bonds. The number of aromatic carboxylic acids is 1. The number of fused-ring (bicyclic) bond motifs is 8. The van der Waals surface area contributed by atoms with Crippen molar-refractivity contribution in [3.05, 3.63) is 60.4 Å². The number of carboxylic acids is 1. The Balaban J connectivity index is 0.000000192. The van der Waals surface area contributed by atoms with Crippen molar-refractivity contribution in [2.75, 3.05) is 82.8 Å². The van der Waals surface area contributed by atoms with Gasteiger partial charge in [-0.3, -0.25) is 25.2 Å². The van der Waals surface area contributed by atoms with Crippen molar-refractivity contribution in [1.82, 2.24) is 29.9 Å². The van der Waals surface area contributed by atoms with Gasteiger partial charge in [0.25, 0.3) is 0 Å². The molecule has 4 saturated heterocycles. The number of piperidine rings is 2. The third-order valence-electron chi connectivity index (χ3n) is 13.5. The first kappa shape index (κ1) is 59.8. The molecule has 24 nitrogen and oxygen atoms in total.